The Morgan fingerprint density at radius 1 is 1.12 bits per heavy atom. The van der Waals surface area contributed by atoms with E-state index in [1.165, 1.54) is 0 Å². The van der Waals surface area contributed by atoms with Crippen LogP contribution in [0.2, 0.25) is 0 Å². The Balaban J connectivity index is 1.31. The lowest BCUT2D eigenvalue weighted by atomic mass is 10.2. The Labute approximate surface area is 155 Å². The van der Waals surface area contributed by atoms with Crippen molar-refractivity contribution >= 4 is 22.8 Å². The van der Waals surface area contributed by atoms with Crippen LogP contribution < -0.4 is 4.74 Å². The Morgan fingerprint density at radius 3 is 2.85 bits per heavy atom. The molecule has 0 radical (unpaired) electrons. The highest BCUT2D eigenvalue weighted by atomic mass is 32.2. The summed E-state index contributed by atoms with van der Waals surface area (Å²) >= 11 is 1.68. The van der Waals surface area contributed by atoms with Gasteiger partial charge in [0, 0.05) is 23.8 Å². The molecular formula is C19H18N4O2S. The second kappa shape index (κ2) is 7.61. The van der Waals surface area contributed by atoms with Gasteiger partial charge in [0.25, 0.3) is 0 Å². The fourth-order valence-corrected chi connectivity index (χ4v) is 3.44. The molecule has 0 spiro atoms. The van der Waals surface area contributed by atoms with Crippen LogP contribution in [0.4, 0.5) is 0 Å². The first kappa shape index (κ1) is 16.7. The van der Waals surface area contributed by atoms with Gasteiger partial charge in [0.05, 0.1) is 18.1 Å². The lowest BCUT2D eigenvalue weighted by molar-refractivity contribution is 0.378. The first-order valence-corrected chi connectivity index (χ1v) is 9.35. The Morgan fingerprint density at radius 2 is 2.00 bits per heavy atom. The quantitative estimate of drug-likeness (QED) is 0.387. The summed E-state index contributed by atoms with van der Waals surface area (Å²) in [6, 6.07) is 15.7. The first-order valence-electron chi connectivity index (χ1n) is 8.36. The van der Waals surface area contributed by atoms with Crippen molar-refractivity contribution in [1.29, 1.82) is 0 Å². The largest absolute Gasteiger partial charge is 0.497 e. The molecule has 132 valence electrons. The van der Waals surface area contributed by atoms with Crippen LogP contribution in [-0.4, -0.2) is 33.0 Å². The molecule has 0 amide bonds. The van der Waals surface area contributed by atoms with E-state index < -0.39 is 0 Å². The van der Waals surface area contributed by atoms with Gasteiger partial charge in [-0.05, 0) is 18.6 Å². The minimum absolute atomic E-state index is 0.638. The van der Waals surface area contributed by atoms with Gasteiger partial charge in [-0.15, -0.1) is 0 Å². The zero-order valence-electron chi connectivity index (χ0n) is 14.3. The van der Waals surface area contributed by atoms with Crippen LogP contribution in [0.5, 0.6) is 5.75 Å². The second-order valence-corrected chi connectivity index (χ2v) is 6.84. The van der Waals surface area contributed by atoms with Gasteiger partial charge in [-0.25, -0.2) is 4.98 Å². The highest BCUT2D eigenvalue weighted by Crippen LogP contribution is 2.24. The molecule has 0 saturated carbocycles. The number of fused-ring (bicyclic) bond motifs is 1. The molecule has 0 unspecified atom stereocenters. The summed E-state index contributed by atoms with van der Waals surface area (Å²) < 4.78 is 10.6. The Hall–Kier alpha value is -2.80. The number of hydrogen-bond acceptors (Lipinski definition) is 6. The highest BCUT2D eigenvalue weighted by Gasteiger charge is 2.09. The lowest BCUT2D eigenvalue weighted by Gasteiger charge is -1.96. The molecule has 7 heteroatoms. The molecule has 0 atom stereocenters. The molecule has 26 heavy (non-hydrogen) atoms. The van der Waals surface area contributed by atoms with Gasteiger partial charge >= 0.3 is 0 Å². The number of nitrogens with zero attached hydrogens (tertiary/aromatic N) is 3. The molecule has 0 aliphatic carbocycles. The number of H-pyrrole nitrogens is 1. The average Bonchev–Trinajstić information content (AvgIpc) is 3.32. The summed E-state index contributed by atoms with van der Waals surface area (Å²) in [5.41, 5.74) is 2.89. The van der Waals surface area contributed by atoms with Crippen molar-refractivity contribution in [1.82, 2.24) is 20.1 Å². The number of aromatic amines is 1. The van der Waals surface area contributed by atoms with E-state index >= 15 is 0 Å². The zero-order chi connectivity index (χ0) is 17.8. The summed E-state index contributed by atoms with van der Waals surface area (Å²) in [7, 11) is 1.66. The molecule has 2 aromatic carbocycles. The molecule has 0 fully saturated rings. The van der Waals surface area contributed by atoms with E-state index in [9.17, 15) is 0 Å². The van der Waals surface area contributed by atoms with Crippen molar-refractivity contribution in [3.63, 3.8) is 0 Å². The van der Waals surface area contributed by atoms with Gasteiger partial charge in [0.2, 0.25) is 11.7 Å². The fraction of sp³-hybridized carbons (Fsp3) is 0.211. The van der Waals surface area contributed by atoms with Crippen LogP contribution >= 0.6 is 11.8 Å². The van der Waals surface area contributed by atoms with Crippen LogP contribution in [0.3, 0.4) is 0 Å². The van der Waals surface area contributed by atoms with Crippen LogP contribution in [0.25, 0.3) is 22.4 Å². The third-order valence-corrected chi connectivity index (χ3v) is 4.90. The van der Waals surface area contributed by atoms with Crippen molar-refractivity contribution in [2.45, 2.75) is 18.0 Å². The summed E-state index contributed by atoms with van der Waals surface area (Å²) in [6.45, 7) is 0. The minimum atomic E-state index is 0.638. The Kier molecular flexibility index (Phi) is 4.88. The van der Waals surface area contributed by atoms with Crippen molar-refractivity contribution in [2.75, 3.05) is 12.9 Å². The summed E-state index contributed by atoms with van der Waals surface area (Å²) in [5, 5.41) is 4.95. The molecule has 0 saturated heterocycles. The Bertz CT molecular complexity index is 997. The molecule has 6 nitrogen and oxygen atoms in total. The van der Waals surface area contributed by atoms with E-state index in [1.54, 1.807) is 18.9 Å². The SMILES string of the molecule is COc1ccc2nc(SCCCc3nc(-c4ccccc4)no3)[nH]c2c1. The van der Waals surface area contributed by atoms with Gasteiger partial charge in [0.1, 0.15) is 5.75 Å². The van der Waals surface area contributed by atoms with E-state index in [2.05, 4.69) is 20.1 Å². The molecule has 4 aromatic rings. The number of rotatable bonds is 7. The molecule has 2 heterocycles. The molecule has 0 aliphatic heterocycles. The topological polar surface area (TPSA) is 76.8 Å². The summed E-state index contributed by atoms with van der Waals surface area (Å²) in [5.74, 6) is 3.04. The van der Waals surface area contributed by atoms with E-state index in [0.29, 0.717) is 11.7 Å². The van der Waals surface area contributed by atoms with E-state index in [4.69, 9.17) is 9.26 Å². The van der Waals surface area contributed by atoms with Crippen molar-refractivity contribution in [3.05, 3.63) is 54.4 Å². The first-order chi connectivity index (χ1) is 12.8. The van der Waals surface area contributed by atoms with Crippen LogP contribution in [0, 0.1) is 0 Å². The average molecular weight is 366 g/mol. The van der Waals surface area contributed by atoms with Gasteiger partial charge < -0.3 is 14.2 Å². The maximum Gasteiger partial charge on any atom is 0.226 e. The third kappa shape index (κ3) is 3.72. The van der Waals surface area contributed by atoms with Crippen molar-refractivity contribution < 1.29 is 9.26 Å². The number of nitrogens with one attached hydrogen (secondary N) is 1. The highest BCUT2D eigenvalue weighted by molar-refractivity contribution is 7.99. The number of imidazole rings is 1. The van der Waals surface area contributed by atoms with Gasteiger partial charge in [0.15, 0.2) is 5.16 Å². The maximum atomic E-state index is 5.34. The van der Waals surface area contributed by atoms with Crippen molar-refractivity contribution in [3.8, 4) is 17.1 Å². The molecule has 2 aromatic heterocycles. The van der Waals surface area contributed by atoms with E-state index in [-0.39, 0.29) is 0 Å². The lowest BCUT2D eigenvalue weighted by Crippen LogP contribution is -1.89. The number of methoxy groups -OCH3 is 1. The molecule has 1 N–H and O–H groups in total. The second-order valence-electron chi connectivity index (χ2n) is 5.75. The van der Waals surface area contributed by atoms with Gasteiger partial charge in [-0.1, -0.05) is 47.3 Å². The molecule has 0 bridgehead atoms. The number of aromatic nitrogens is 4. The predicted molar refractivity (Wildman–Crippen MR) is 101 cm³/mol. The van der Waals surface area contributed by atoms with Crippen LogP contribution in [-0.2, 0) is 6.42 Å². The van der Waals surface area contributed by atoms with Crippen molar-refractivity contribution in [2.24, 2.45) is 0 Å². The smallest absolute Gasteiger partial charge is 0.226 e. The normalized spacial score (nSPS) is 11.1. The standard InChI is InChI=1S/C19H18N4O2S/c1-24-14-9-10-15-16(12-14)21-19(20-15)26-11-5-8-17-22-18(23-25-17)13-6-3-2-4-7-13/h2-4,6-7,9-10,12H,5,8,11H2,1H3,(H,20,21). The zero-order valence-corrected chi connectivity index (χ0v) is 15.1. The number of thioether (sulfide) groups is 1. The van der Waals surface area contributed by atoms with E-state index in [0.717, 1.165) is 46.1 Å². The molecule has 4 rings (SSSR count). The molecule has 0 aliphatic rings. The third-order valence-electron chi connectivity index (χ3n) is 3.94. The van der Waals surface area contributed by atoms with E-state index in [1.807, 2.05) is 48.5 Å². The minimum Gasteiger partial charge on any atom is -0.497 e. The fourth-order valence-electron chi connectivity index (χ4n) is 2.61. The summed E-state index contributed by atoms with van der Waals surface area (Å²) in [4.78, 5) is 12.3. The van der Waals surface area contributed by atoms with Gasteiger partial charge in [-0.2, -0.15) is 4.98 Å². The van der Waals surface area contributed by atoms with Crippen LogP contribution in [0.15, 0.2) is 58.2 Å². The number of ether oxygens (including phenoxy) is 1. The molecular weight excluding hydrogens is 348 g/mol. The van der Waals surface area contributed by atoms with Crippen LogP contribution in [0.1, 0.15) is 12.3 Å². The number of hydrogen-bond donors (Lipinski definition) is 1. The number of aryl methyl sites for hydroxylation is 1. The maximum absolute atomic E-state index is 5.34. The monoisotopic (exact) mass is 366 g/mol. The van der Waals surface area contributed by atoms with Gasteiger partial charge in [-0.3, -0.25) is 0 Å². The number of benzene rings is 2. The predicted octanol–water partition coefficient (Wildman–Crippen LogP) is 4.35. The summed E-state index contributed by atoms with van der Waals surface area (Å²) in [6.07, 6.45) is 1.68.